The number of nitrogens with zero attached hydrogens (tertiary/aromatic N) is 2. The predicted octanol–water partition coefficient (Wildman–Crippen LogP) is 1.06. The van der Waals surface area contributed by atoms with Gasteiger partial charge in [-0.15, -0.1) is 0 Å². The molecule has 0 aromatic rings. The van der Waals surface area contributed by atoms with E-state index in [1.165, 1.54) is 10.6 Å². The summed E-state index contributed by atoms with van der Waals surface area (Å²) in [6.45, 7) is 3.98. The third kappa shape index (κ3) is 4.94. The second-order valence-electron chi connectivity index (χ2n) is 4.89. The number of hydrogen-bond donors (Lipinski definition) is 0. The first kappa shape index (κ1) is 15.4. The minimum Gasteiger partial charge on any atom is -0.342 e. The van der Waals surface area contributed by atoms with Gasteiger partial charge in [0.15, 0.2) is 0 Å². The lowest BCUT2D eigenvalue weighted by Crippen LogP contribution is -2.44. The molecule has 0 N–H and O–H groups in total. The molecule has 6 heteroatoms. The van der Waals surface area contributed by atoms with Gasteiger partial charge in [0.1, 0.15) is 0 Å². The average Bonchev–Trinajstić information content (AvgIpc) is 2.34. The van der Waals surface area contributed by atoms with Crippen LogP contribution in [0.4, 0.5) is 0 Å². The van der Waals surface area contributed by atoms with Gasteiger partial charge in [-0.25, -0.2) is 8.42 Å². The minimum absolute atomic E-state index is 0.00116. The Hall–Kier alpha value is -0.620. The lowest BCUT2D eigenvalue weighted by molar-refractivity contribution is -0.132. The van der Waals surface area contributed by atoms with Gasteiger partial charge >= 0.3 is 0 Å². The Morgan fingerprint density at radius 3 is 2.33 bits per heavy atom. The van der Waals surface area contributed by atoms with Crippen molar-refractivity contribution in [2.75, 3.05) is 32.4 Å². The maximum atomic E-state index is 12.0. The molecule has 1 rings (SSSR count). The van der Waals surface area contributed by atoms with Gasteiger partial charge in [-0.3, -0.25) is 4.79 Å². The fourth-order valence-corrected chi connectivity index (χ4v) is 2.90. The molecule has 5 nitrogen and oxygen atoms in total. The molecule has 0 spiro atoms. The topological polar surface area (TPSA) is 57.7 Å². The average molecular weight is 276 g/mol. The summed E-state index contributed by atoms with van der Waals surface area (Å²) in [5.41, 5.74) is 0. The fourth-order valence-electron chi connectivity index (χ4n) is 2.09. The molecule has 1 aliphatic heterocycles. The Bertz CT molecular complexity index is 362. The molecule has 0 aromatic carbocycles. The van der Waals surface area contributed by atoms with Crippen molar-refractivity contribution in [2.24, 2.45) is 0 Å². The molecule has 1 saturated heterocycles. The first-order valence-corrected chi connectivity index (χ1v) is 8.53. The Morgan fingerprint density at radius 1 is 1.22 bits per heavy atom. The Morgan fingerprint density at radius 2 is 1.83 bits per heavy atom. The van der Waals surface area contributed by atoms with E-state index in [1.54, 1.807) is 4.90 Å². The SMILES string of the molecule is CCCCN(CC(=O)N1CCCCC1)S(C)(=O)=O. The summed E-state index contributed by atoms with van der Waals surface area (Å²) < 4.78 is 24.5. The van der Waals surface area contributed by atoms with Gasteiger partial charge in [0.05, 0.1) is 12.8 Å². The highest BCUT2D eigenvalue weighted by Gasteiger charge is 2.23. The van der Waals surface area contributed by atoms with Gasteiger partial charge < -0.3 is 4.90 Å². The van der Waals surface area contributed by atoms with Crippen molar-refractivity contribution >= 4 is 15.9 Å². The molecule has 0 unspecified atom stereocenters. The van der Waals surface area contributed by atoms with E-state index >= 15 is 0 Å². The maximum absolute atomic E-state index is 12.0. The van der Waals surface area contributed by atoms with E-state index in [0.29, 0.717) is 6.54 Å². The standard InChI is InChI=1S/C12H24N2O3S/c1-3-4-10-14(18(2,16)17)11-12(15)13-8-6-5-7-9-13/h3-11H2,1-2H3. The number of rotatable bonds is 6. The van der Waals surface area contributed by atoms with Crippen LogP contribution in [0.5, 0.6) is 0 Å². The van der Waals surface area contributed by atoms with Crippen molar-refractivity contribution in [3.8, 4) is 0 Å². The van der Waals surface area contributed by atoms with Crippen molar-refractivity contribution in [2.45, 2.75) is 39.0 Å². The number of sulfonamides is 1. The van der Waals surface area contributed by atoms with Crippen molar-refractivity contribution in [1.82, 2.24) is 9.21 Å². The summed E-state index contributed by atoms with van der Waals surface area (Å²) in [6, 6.07) is 0. The number of carbonyl (C=O) groups excluding carboxylic acids is 1. The molecule has 0 saturated carbocycles. The van der Waals surface area contributed by atoms with E-state index in [9.17, 15) is 13.2 Å². The van der Waals surface area contributed by atoms with Crippen LogP contribution in [0.15, 0.2) is 0 Å². The molecule has 106 valence electrons. The summed E-state index contributed by atoms with van der Waals surface area (Å²) >= 11 is 0. The van der Waals surface area contributed by atoms with Crippen LogP contribution in [-0.2, 0) is 14.8 Å². The van der Waals surface area contributed by atoms with Gasteiger partial charge in [-0.05, 0) is 25.7 Å². The lowest BCUT2D eigenvalue weighted by Gasteiger charge is -2.29. The normalized spacial score (nSPS) is 17.2. The third-order valence-electron chi connectivity index (χ3n) is 3.25. The Kier molecular flexibility index (Phi) is 6.08. The highest BCUT2D eigenvalue weighted by molar-refractivity contribution is 7.88. The minimum atomic E-state index is -3.29. The van der Waals surface area contributed by atoms with Crippen LogP contribution in [-0.4, -0.2) is 56.0 Å². The van der Waals surface area contributed by atoms with Gasteiger partial charge in [-0.2, -0.15) is 4.31 Å². The first-order chi connectivity index (χ1) is 8.45. The number of piperidine rings is 1. The second-order valence-corrected chi connectivity index (χ2v) is 6.87. The third-order valence-corrected chi connectivity index (χ3v) is 4.50. The molecule has 0 aliphatic carbocycles. The van der Waals surface area contributed by atoms with Gasteiger partial charge in [-0.1, -0.05) is 13.3 Å². The van der Waals surface area contributed by atoms with Crippen LogP contribution in [0.25, 0.3) is 0 Å². The summed E-state index contributed by atoms with van der Waals surface area (Å²) in [7, 11) is -3.29. The Labute approximate surface area is 110 Å². The van der Waals surface area contributed by atoms with Crippen LogP contribution in [0.3, 0.4) is 0 Å². The number of carbonyl (C=O) groups is 1. The van der Waals surface area contributed by atoms with Gasteiger partial charge in [0.2, 0.25) is 15.9 Å². The molecule has 0 bridgehead atoms. The molecule has 0 atom stereocenters. The summed E-state index contributed by atoms with van der Waals surface area (Å²) in [5, 5.41) is 0. The van der Waals surface area contributed by atoms with Gasteiger partial charge in [0.25, 0.3) is 0 Å². The summed E-state index contributed by atoms with van der Waals surface area (Å²) in [5.74, 6) is -0.0590. The molecule has 1 amide bonds. The van der Waals surface area contributed by atoms with Crippen molar-refractivity contribution in [1.29, 1.82) is 0 Å². The van der Waals surface area contributed by atoms with E-state index < -0.39 is 10.0 Å². The number of unbranched alkanes of at least 4 members (excludes halogenated alkanes) is 1. The maximum Gasteiger partial charge on any atom is 0.237 e. The molecule has 1 heterocycles. The van der Waals surface area contributed by atoms with E-state index in [4.69, 9.17) is 0 Å². The molecule has 1 fully saturated rings. The quantitative estimate of drug-likeness (QED) is 0.729. The molecule has 0 radical (unpaired) electrons. The summed E-state index contributed by atoms with van der Waals surface area (Å²) in [6.07, 6.45) is 6.10. The fraction of sp³-hybridized carbons (Fsp3) is 0.917. The van der Waals surface area contributed by atoms with Crippen molar-refractivity contribution < 1.29 is 13.2 Å². The Balaban J connectivity index is 2.56. The zero-order chi connectivity index (χ0) is 13.6. The van der Waals surface area contributed by atoms with Gasteiger partial charge in [0, 0.05) is 19.6 Å². The number of hydrogen-bond acceptors (Lipinski definition) is 3. The number of amides is 1. The largest absolute Gasteiger partial charge is 0.342 e. The predicted molar refractivity (Wildman–Crippen MR) is 71.8 cm³/mol. The number of likely N-dealkylation sites (tertiary alicyclic amines) is 1. The zero-order valence-electron chi connectivity index (χ0n) is 11.4. The first-order valence-electron chi connectivity index (χ1n) is 6.68. The highest BCUT2D eigenvalue weighted by atomic mass is 32.2. The van der Waals surface area contributed by atoms with E-state index in [1.807, 2.05) is 6.92 Å². The summed E-state index contributed by atoms with van der Waals surface area (Å²) in [4.78, 5) is 13.8. The monoisotopic (exact) mass is 276 g/mol. The molecular formula is C12H24N2O3S. The van der Waals surface area contributed by atoms with E-state index in [-0.39, 0.29) is 12.5 Å². The van der Waals surface area contributed by atoms with E-state index in [0.717, 1.165) is 45.2 Å². The molecular weight excluding hydrogens is 252 g/mol. The highest BCUT2D eigenvalue weighted by Crippen LogP contribution is 2.10. The van der Waals surface area contributed by atoms with Crippen LogP contribution in [0.1, 0.15) is 39.0 Å². The molecule has 0 aromatic heterocycles. The molecule has 18 heavy (non-hydrogen) atoms. The zero-order valence-corrected chi connectivity index (χ0v) is 12.2. The van der Waals surface area contributed by atoms with E-state index in [2.05, 4.69) is 0 Å². The second kappa shape index (κ2) is 7.09. The van der Waals surface area contributed by atoms with Crippen LogP contribution >= 0.6 is 0 Å². The lowest BCUT2D eigenvalue weighted by atomic mass is 10.1. The van der Waals surface area contributed by atoms with Crippen molar-refractivity contribution in [3.63, 3.8) is 0 Å². The van der Waals surface area contributed by atoms with Crippen LogP contribution in [0, 0.1) is 0 Å². The van der Waals surface area contributed by atoms with Crippen LogP contribution < -0.4 is 0 Å². The van der Waals surface area contributed by atoms with Crippen LogP contribution in [0.2, 0.25) is 0 Å². The van der Waals surface area contributed by atoms with Crippen molar-refractivity contribution in [3.05, 3.63) is 0 Å². The molecule has 1 aliphatic rings. The smallest absolute Gasteiger partial charge is 0.237 e.